The van der Waals surface area contributed by atoms with Crippen LogP contribution >= 0.6 is 22.4 Å². The molecule has 0 saturated carbocycles. The van der Waals surface area contributed by atoms with E-state index in [-0.39, 0.29) is 5.75 Å². The summed E-state index contributed by atoms with van der Waals surface area (Å²) in [6.07, 6.45) is 3.41. The van der Waals surface area contributed by atoms with E-state index in [1.165, 1.54) is 16.7 Å². The Morgan fingerprint density at radius 1 is 0.706 bits per heavy atom. The van der Waals surface area contributed by atoms with Gasteiger partial charge < -0.3 is 0 Å². The summed E-state index contributed by atoms with van der Waals surface area (Å²) in [6.45, 7) is 8.26. The second-order valence-electron chi connectivity index (χ2n) is 8.30. The van der Waals surface area contributed by atoms with Gasteiger partial charge >= 0.3 is 0 Å². The first-order valence-electron chi connectivity index (χ1n) is 11.1. The molecule has 0 bridgehead atoms. The minimum Gasteiger partial charge on any atom is -0.293 e. The first-order valence-corrected chi connectivity index (χ1v) is 13.8. The van der Waals surface area contributed by atoms with Crippen molar-refractivity contribution < 1.29 is 9.11 Å². The van der Waals surface area contributed by atoms with E-state index in [0.29, 0.717) is 5.03 Å². The Balaban J connectivity index is 0.000000192. The third-order valence-corrected chi connectivity index (χ3v) is 7.97. The Morgan fingerprint density at radius 2 is 1.29 bits per heavy atom. The lowest BCUT2D eigenvalue weighted by Gasteiger charge is -2.31. The van der Waals surface area contributed by atoms with E-state index in [9.17, 15) is 9.11 Å². The van der Waals surface area contributed by atoms with E-state index >= 15 is 0 Å². The highest BCUT2D eigenvalue weighted by molar-refractivity contribution is 8.23. The topological polar surface area (TPSA) is 66.2 Å². The zero-order valence-corrected chi connectivity index (χ0v) is 21.7. The number of hydrogen-bond donors (Lipinski definition) is 2. The molecule has 0 unspecified atom stereocenters. The van der Waals surface area contributed by atoms with Crippen molar-refractivity contribution in [3.8, 4) is 0 Å². The van der Waals surface area contributed by atoms with Gasteiger partial charge in [-0.2, -0.15) is 0 Å². The average molecular weight is 493 g/mol. The summed E-state index contributed by atoms with van der Waals surface area (Å²) in [4.78, 5) is 8.34. The second-order valence-corrected chi connectivity index (χ2v) is 11.3. The third kappa shape index (κ3) is 7.71. The van der Waals surface area contributed by atoms with Gasteiger partial charge in [-0.05, 0) is 74.2 Å². The summed E-state index contributed by atoms with van der Waals surface area (Å²) in [7, 11) is -2.86. The van der Waals surface area contributed by atoms with Crippen molar-refractivity contribution in [2.45, 2.75) is 49.3 Å². The Kier molecular flexibility index (Phi) is 9.30. The molecule has 2 N–H and O–H groups in total. The number of rotatable bonds is 6. The maximum absolute atomic E-state index is 10.2. The molecule has 0 aliphatic rings. The standard InChI is InChI=1S/C14H17NO2S.C14H15NS/c1-11-6-7-12(2)13(9-11)10-18(16,17)14-5-3-4-8-15-14;1-11-6-7-12(2)13(9-11)10-16-14-5-3-4-8-15-14/h3-9,16-17H,10H2,1-2H3;3-9H,10H2,1-2H3. The lowest BCUT2D eigenvalue weighted by atomic mass is 10.1. The van der Waals surface area contributed by atoms with E-state index < -0.39 is 10.6 Å². The molecule has 6 heteroatoms. The van der Waals surface area contributed by atoms with Gasteiger partial charge in [0.05, 0.1) is 10.8 Å². The van der Waals surface area contributed by atoms with Gasteiger partial charge in [0, 0.05) is 18.1 Å². The summed E-state index contributed by atoms with van der Waals surface area (Å²) in [5, 5.41) is 1.44. The lowest BCUT2D eigenvalue weighted by molar-refractivity contribution is 0.481. The molecule has 0 aliphatic carbocycles. The van der Waals surface area contributed by atoms with Crippen molar-refractivity contribution in [1.82, 2.24) is 9.97 Å². The molecule has 0 aliphatic heterocycles. The molecule has 4 nitrogen and oxygen atoms in total. The van der Waals surface area contributed by atoms with E-state index in [0.717, 1.165) is 27.5 Å². The highest BCUT2D eigenvalue weighted by Crippen LogP contribution is 2.50. The van der Waals surface area contributed by atoms with Crippen LogP contribution < -0.4 is 0 Å². The number of benzene rings is 2. The van der Waals surface area contributed by atoms with Crippen molar-refractivity contribution in [3.05, 3.63) is 119 Å². The molecular formula is C28H32N2O2S2. The summed E-state index contributed by atoms with van der Waals surface area (Å²) in [6, 6.07) is 23.8. The van der Waals surface area contributed by atoms with Crippen molar-refractivity contribution in [1.29, 1.82) is 0 Å². The first-order chi connectivity index (χ1) is 16.2. The molecule has 2 aromatic heterocycles. The smallest absolute Gasteiger partial charge is 0.146 e. The largest absolute Gasteiger partial charge is 0.293 e. The van der Waals surface area contributed by atoms with Gasteiger partial charge in [-0.15, -0.1) is 22.4 Å². The van der Waals surface area contributed by atoms with Gasteiger partial charge in [0.25, 0.3) is 0 Å². The fourth-order valence-corrected chi connectivity index (χ4v) is 5.67. The van der Waals surface area contributed by atoms with Crippen molar-refractivity contribution in [2.75, 3.05) is 0 Å². The van der Waals surface area contributed by atoms with Gasteiger partial charge in [-0.1, -0.05) is 59.7 Å². The van der Waals surface area contributed by atoms with Crippen LogP contribution in [0.15, 0.2) is 95.2 Å². The maximum atomic E-state index is 10.2. The molecule has 178 valence electrons. The monoisotopic (exact) mass is 492 g/mol. The van der Waals surface area contributed by atoms with E-state index in [1.54, 1.807) is 36.2 Å². The van der Waals surface area contributed by atoms with E-state index in [2.05, 4.69) is 48.1 Å². The normalized spacial score (nSPS) is 11.5. The second kappa shape index (κ2) is 12.2. The molecule has 0 atom stereocenters. The Labute approximate surface area is 208 Å². The summed E-state index contributed by atoms with van der Waals surface area (Å²) in [5.74, 6) is 1.21. The van der Waals surface area contributed by atoms with E-state index in [4.69, 9.17) is 0 Å². The molecule has 2 heterocycles. The number of aromatic nitrogens is 2. The van der Waals surface area contributed by atoms with Gasteiger partial charge in [-0.25, -0.2) is 9.97 Å². The van der Waals surface area contributed by atoms with Crippen LogP contribution in [0.2, 0.25) is 0 Å². The van der Waals surface area contributed by atoms with Crippen LogP contribution in [-0.2, 0) is 11.5 Å². The fraction of sp³-hybridized carbons (Fsp3) is 0.214. The Morgan fingerprint density at radius 3 is 1.88 bits per heavy atom. The molecular weight excluding hydrogens is 460 g/mol. The lowest BCUT2D eigenvalue weighted by Crippen LogP contribution is -2.05. The molecule has 0 radical (unpaired) electrons. The zero-order chi connectivity index (χ0) is 24.6. The van der Waals surface area contributed by atoms with Crippen LogP contribution in [0.5, 0.6) is 0 Å². The molecule has 2 aromatic carbocycles. The first kappa shape index (κ1) is 26.0. The highest BCUT2D eigenvalue weighted by atomic mass is 32.3. The van der Waals surface area contributed by atoms with Crippen LogP contribution in [0, 0.1) is 27.7 Å². The number of aryl methyl sites for hydroxylation is 4. The maximum Gasteiger partial charge on any atom is 0.146 e. The van der Waals surface area contributed by atoms with Crippen LogP contribution in [0.4, 0.5) is 0 Å². The molecule has 0 fully saturated rings. The van der Waals surface area contributed by atoms with Crippen LogP contribution in [0.3, 0.4) is 0 Å². The minimum atomic E-state index is -2.86. The predicted octanol–water partition coefficient (Wildman–Crippen LogP) is 8.00. The minimum absolute atomic E-state index is 0.220. The molecule has 34 heavy (non-hydrogen) atoms. The van der Waals surface area contributed by atoms with Gasteiger partial charge in [0.1, 0.15) is 5.03 Å². The van der Waals surface area contributed by atoms with Gasteiger partial charge in [0.15, 0.2) is 0 Å². The van der Waals surface area contributed by atoms with Gasteiger partial charge in [0.2, 0.25) is 0 Å². The number of nitrogens with zero attached hydrogens (tertiary/aromatic N) is 2. The van der Waals surface area contributed by atoms with E-state index in [1.807, 2.05) is 50.4 Å². The zero-order valence-electron chi connectivity index (χ0n) is 20.1. The number of thioether (sulfide) groups is 1. The summed E-state index contributed by atoms with van der Waals surface area (Å²) in [5.41, 5.74) is 7.22. The summed E-state index contributed by atoms with van der Waals surface area (Å²) < 4.78 is 20.5. The van der Waals surface area contributed by atoms with Crippen LogP contribution in [0.25, 0.3) is 0 Å². The van der Waals surface area contributed by atoms with Crippen LogP contribution in [-0.4, -0.2) is 19.1 Å². The van der Waals surface area contributed by atoms with Crippen molar-refractivity contribution in [2.24, 2.45) is 0 Å². The average Bonchev–Trinajstić information content (AvgIpc) is 2.83. The highest BCUT2D eigenvalue weighted by Gasteiger charge is 2.18. The van der Waals surface area contributed by atoms with Crippen molar-refractivity contribution in [3.63, 3.8) is 0 Å². The SMILES string of the molecule is Cc1ccc(C)c(CS(O)(O)c2ccccn2)c1.Cc1ccc(C)c(CSc2ccccn2)c1. The fourth-order valence-electron chi connectivity index (χ4n) is 3.33. The number of pyridine rings is 2. The van der Waals surface area contributed by atoms with Crippen LogP contribution in [0.1, 0.15) is 33.4 Å². The number of hydrogen-bond acceptors (Lipinski definition) is 5. The molecule has 0 spiro atoms. The predicted molar refractivity (Wildman–Crippen MR) is 145 cm³/mol. The molecule has 4 aromatic rings. The summed E-state index contributed by atoms with van der Waals surface area (Å²) >= 11 is 1.79. The molecule has 0 saturated heterocycles. The van der Waals surface area contributed by atoms with Crippen molar-refractivity contribution >= 4 is 22.4 Å². The Hall–Kier alpha value is -2.64. The quantitative estimate of drug-likeness (QED) is 0.267. The molecule has 0 amide bonds. The third-order valence-electron chi connectivity index (χ3n) is 5.35. The Bertz CT molecular complexity index is 1200. The van der Waals surface area contributed by atoms with Gasteiger partial charge in [-0.3, -0.25) is 9.11 Å². The molecule has 4 rings (SSSR count).